The summed E-state index contributed by atoms with van der Waals surface area (Å²) in [6.07, 6.45) is -1.80. The number of aromatic nitrogens is 2. The van der Waals surface area contributed by atoms with Gasteiger partial charge in [0.2, 0.25) is 5.78 Å². The van der Waals surface area contributed by atoms with Crippen LogP contribution < -0.4 is 5.32 Å². The molecule has 3 aromatic heterocycles. The van der Waals surface area contributed by atoms with Gasteiger partial charge in [0.1, 0.15) is 0 Å². The van der Waals surface area contributed by atoms with Crippen molar-refractivity contribution in [2.45, 2.75) is 19.6 Å². The smallest absolute Gasteiger partial charge is 0.417 e. The number of carbonyl (C=O) groups is 3. The Labute approximate surface area is 203 Å². The fraction of sp³-hybridized carbons (Fsp3) is 0.154. The molecule has 0 spiro atoms. The van der Waals surface area contributed by atoms with E-state index in [1.807, 2.05) is 0 Å². The molecule has 0 atom stereocenters. The Morgan fingerprint density at radius 3 is 2.44 bits per heavy atom. The molecule has 4 rings (SSSR count). The number of amides is 1. The lowest BCUT2D eigenvalue weighted by Gasteiger charge is -2.12. The van der Waals surface area contributed by atoms with Gasteiger partial charge in [-0.15, -0.1) is 0 Å². The number of benzene rings is 1. The van der Waals surface area contributed by atoms with Crippen molar-refractivity contribution in [3.63, 3.8) is 0 Å². The summed E-state index contributed by atoms with van der Waals surface area (Å²) in [6.45, 7) is 1.80. The summed E-state index contributed by atoms with van der Waals surface area (Å²) in [7, 11) is 0. The lowest BCUT2D eigenvalue weighted by Crippen LogP contribution is -2.23. The molecule has 4 aromatic rings. The first kappa shape index (κ1) is 24.6. The Balaban J connectivity index is 1.75. The fourth-order valence-electron chi connectivity index (χ4n) is 3.73. The van der Waals surface area contributed by atoms with E-state index in [0.717, 1.165) is 12.1 Å². The van der Waals surface area contributed by atoms with Crippen molar-refractivity contribution < 1.29 is 32.3 Å². The van der Waals surface area contributed by atoms with Crippen LogP contribution in [0.4, 0.5) is 13.2 Å². The second kappa shape index (κ2) is 10.0. The van der Waals surface area contributed by atoms with Crippen LogP contribution in [0.25, 0.3) is 5.52 Å². The van der Waals surface area contributed by atoms with Gasteiger partial charge in [0.15, 0.2) is 0 Å². The second-order valence-electron chi connectivity index (χ2n) is 7.71. The summed E-state index contributed by atoms with van der Waals surface area (Å²) in [5.41, 5.74) is -0.916. The van der Waals surface area contributed by atoms with E-state index in [4.69, 9.17) is 4.74 Å². The minimum absolute atomic E-state index is 0.0423. The minimum atomic E-state index is -4.75. The summed E-state index contributed by atoms with van der Waals surface area (Å²) in [6, 6.07) is 13.6. The molecule has 0 saturated heterocycles. The van der Waals surface area contributed by atoms with Crippen LogP contribution >= 0.6 is 0 Å². The number of nitrogens with one attached hydrogen (secondary N) is 1. The third kappa shape index (κ3) is 4.97. The van der Waals surface area contributed by atoms with Crippen molar-refractivity contribution in [3.05, 3.63) is 107 Å². The minimum Gasteiger partial charge on any atom is -0.462 e. The summed E-state index contributed by atoms with van der Waals surface area (Å²) in [5, 5.41) is 2.71. The van der Waals surface area contributed by atoms with Gasteiger partial charge >= 0.3 is 12.1 Å². The Kier molecular flexibility index (Phi) is 6.86. The molecular formula is C26H20F3N3O4. The van der Waals surface area contributed by atoms with E-state index in [1.165, 1.54) is 40.9 Å². The van der Waals surface area contributed by atoms with Crippen LogP contribution in [-0.2, 0) is 17.5 Å². The average molecular weight is 495 g/mol. The fourth-order valence-corrected chi connectivity index (χ4v) is 3.73. The number of fused-ring (bicyclic) bond motifs is 1. The number of hydrogen-bond acceptors (Lipinski definition) is 5. The standard InChI is InChI=1S/C26H20F3N3O4/c1-2-36-25(35)19-14-22(23(33)18-8-3-4-9-20(18)26(27,28)29)32-12-10-16(13-21(19)32)24(34)31-15-17-7-5-6-11-30-17/h3-14H,2,15H2,1H3,(H,31,34). The lowest BCUT2D eigenvalue weighted by molar-refractivity contribution is -0.137. The third-order valence-corrected chi connectivity index (χ3v) is 5.39. The molecule has 0 aliphatic carbocycles. The topological polar surface area (TPSA) is 89.8 Å². The number of hydrogen-bond donors (Lipinski definition) is 1. The number of nitrogens with zero attached hydrogens (tertiary/aromatic N) is 2. The highest BCUT2D eigenvalue weighted by Crippen LogP contribution is 2.33. The number of carbonyl (C=O) groups excluding carboxylic acids is 3. The zero-order valence-electron chi connectivity index (χ0n) is 19.0. The number of ether oxygens (including phenoxy) is 1. The van der Waals surface area contributed by atoms with Crippen molar-refractivity contribution in [2.24, 2.45) is 0 Å². The molecule has 1 N–H and O–H groups in total. The third-order valence-electron chi connectivity index (χ3n) is 5.39. The molecule has 1 aromatic carbocycles. The Morgan fingerprint density at radius 1 is 1.00 bits per heavy atom. The highest BCUT2D eigenvalue weighted by Gasteiger charge is 2.36. The van der Waals surface area contributed by atoms with Crippen LogP contribution in [0.1, 0.15) is 54.9 Å². The van der Waals surface area contributed by atoms with Gasteiger partial charge in [0.05, 0.1) is 41.2 Å². The molecule has 0 aliphatic heterocycles. The normalized spacial score (nSPS) is 11.3. The maximum absolute atomic E-state index is 13.5. The first-order valence-corrected chi connectivity index (χ1v) is 10.9. The van der Waals surface area contributed by atoms with Crippen LogP contribution in [0, 0.1) is 0 Å². The molecule has 0 radical (unpaired) electrons. The highest BCUT2D eigenvalue weighted by atomic mass is 19.4. The largest absolute Gasteiger partial charge is 0.462 e. The van der Waals surface area contributed by atoms with Gasteiger partial charge in [0.25, 0.3) is 5.91 Å². The summed E-state index contributed by atoms with van der Waals surface area (Å²) >= 11 is 0. The first-order chi connectivity index (χ1) is 17.2. The van der Waals surface area contributed by atoms with Crippen molar-refractivity contribution >= 4 is 23.2 Å². The number of halogens is 3. The van der Waals surface area contributed by atoms with Crippen molar-refractivity contribution in [1.29, 1.82) is 0 Å². The number of ketones is 1. The second-order valence-corrected chi connectivity index (χ2v) is 7.71. The quantitative estimate of drug-likeness (QED) is 0.297. The zero-order chi connectivity index (χ0) is 25.9. The van der Waals surface area contributed by atoms with Crippen LogP contribution in [0.15, 0.2) is 73.1 Å². The van der Waals surface area contributed by atoms with Gasteiger partial charge in [-0.2, -0.15) is 13.2 Å². The van der Waals surface area contributed by atoms with Crippen LogP contribution in [0.2, 0.25) is 0 Å². The SMILES string of the molecule is CCOC(=O)c1cc(C(=O)c2ccccc2C(F)(F)F)n2ccc(C(=O)NCc3ccccn3)cc12. The molecule has 0 saturated carbocycles. The predicted molar refractivity (Wildman–Crippen MR) is 124 cm³/mol. The molecule has 0 aliphatic rings. The van der Waals surface area contributed by atoms with Crippen molar-refractivity contribution in [1.82, 2.24) is 14.7 Å². The number of esters is 1. The highest BCUT2D eigenvalue weighted by molar-refractivity contribution is 6.12. The van der Waals surface area contributed by atoms with Crippen LogP contribution in [0.5, 0.6) is 0 Å². The van der Waals surface area contributed by atoms with Gasteiger partial charge in [-0.25, -0.2) is 4.79 Å². The van der Waals surface area contributed by atoms with Gasteiger partial charge in [0, 0.05) is 23.5 Å². The monoisotopic (exact) mass is 495 g/mol. The van der Waals surface area contributed by atoms with Gasteiger partial charge in [-0.1, -0.05) is 24.3 Å². The summed E-state index contributed by atoms with van der Waals surface area (Å²) in [4.78, 5) is 42.7. The van der Waals surface area contributed by atoms with Gasteiger partial charge in [-0.3, -0.25) is 14.6 Å². The van der Waals surface area contributed by atoms with E-state index in [-0.39, 0.29) is 35.5 Å². The Morgan fingerprint density at radius 2 is 1.75 bits per heavy atom. The van der Waals surface area contributed by atoms with Crippen molar-refractivity contribution in [3.8, 4) is 0 Å². The van der Waals surface area contributed by atoms with Crippen LogP contribution in [-0.4, -0.2) is 33.7 Å². The number of rotatable bonds is 7. The first-order valence-electron chi connectivity index (χ1n) is 10.9. The Hall–Kier alpha value is -4.47. The van der Waals surface area contributed by atoms with E-state index in [2.05, 4.69) is 10.3 Å². The number of pyridine rings is 2. The molecular weight excluding hydrogens is 475 g/mol. The molecule has 1 amide bonds. The molecule has 0 fully saturated rings. The zero-order valence-corrected chi connectivity index (χ0v) is 19.0. The van der Waals surface area contributed by atoms with Crippen LogP contribution in [0.3, 0.4) is 0 Å². The van der Waals surface area contributed by atoms with E-state index >= 15 is 0 Å². The maximum atomic E-state index is 13.5. The van der Waals surface area contributed by atoms with E-state index in [0.29, 0.717) is 5.69 Å². The molecule has 36 heavy (non-hydrogen) atoms. The lowest BCUT2D eigenvalue weighted by atomic mass is 10.0. The average Bonchev–Trinajstić information content (AvgIpc) is 3.26. The van der Waals surface area contributed by atoms with E-state index in [9.17, 15) is 27.6 Å². The summed E-state index contributed by atoms with van der Waals surface area (Å²) in [5.74, 6) is -2.17. The molecule has 184 valence electrons. The molecule has 10 heteroatoms. The molecule has 0 unspecified atom stereocenters. The van der Waals surface area contributed by atoms with Crippen molar-refractivity contribution in [2.75, 3.05) is 6.61 Å². The maximum Gasteiger partial charge on any atom is 0.417 e. The number of alkyl halides is 3. The van der Waals surface area contributed by atoms with E-state index < -0.39 is 35.0 Å². The summed E-state index contributed by atoms with van der Waals surface area (Å²) < 4.78 is 46.9. The molecule has 7 nitrogen and oxygen atoms in total. The Bertz CT molecular complexity index is 1450. The molecule has 3 heterocycles. The predicted octanol–water partition coefficient (Wildman–Crippen LogP) is 4.69. The molecule has 0 bridgehead atoms. The van der Waals surface area contributed by atoms with Gasteiger partial charge < -0.3 is 14.5 Å². The van der Waals surface area contributed by atoms with Gasteiger partial charge in [-0.05, 0) is 43.3 Å². The van der Waals surface area contributed by atoms with E-state index in [1.54, 1.807) is 31.3 Å².